The first-order chi connectivity index (χ1) is 12.5. The molecule has 1 aliphatic carbocycles. The Bertz CT molecular complexity index is 656. The van der Waals surface area contributed by atoms with Gasteiger partial charge in [0.1, 0.15) is 11.6 Å². The minimum atomic E-state index is -0.679. The summed E-state index contributed by atoms with van der Waals surface area (Å²) in [6.07, 6.45) is 7.23. The van der Waals surface area contributed by atoms with Gasteiger partial charge in [-0.15, -0.1) is 0 Å². The summed E-state index contributed by atoms with van der Waals surface area (Å²) in [5.41, 5.74) is 0.147. The highest BCUT2D eigenvalue weighted by atomic mass is 32.1. The number of thiocarbonyl (C=S) groups is 1. The molecule has 0 radical (unpaired) electrons. The molecule has 4 nitrogen and oxygen atoms in total. The fourth-order valence-corrected chi connectivity index (χ4v) is 4.06. The second-order valence-corrected chi connectivity index (χ2v) is 7.57. The Morgan fingerprint density at radius 2 is 1.77 bits per heavy atom. The van der Waals surface area contributed by atoms with Crippen LogP contribution in [0.1, 0.15) is 44.9 Å². The number of amides is 1. The maximum atomic E-state index is 13.7. The summed E-state index contributed by atoms with van der Waals surface area (Å²) >= 11 is 5.23. The van der Waals surface area contributed by atoms with Gasteiger partial charge in [-0.25, -0.2) is 8.78 Å². The van der Waals surface area contributed by atoms with E-state index in [0.29, 0.717) is 11.0 Å². The largest absolute Gasteiger partial charge is 0.360 e. The first-order valence-corrected chi connectivity index (χ1v) is 9.75. The summed E-state index contributed by atoms with van der Waals surface area (Å²) in [5.74, 6) is -0.793. The van der Waals surface area contributed by atoms with E-state index in [4.69, 9.17) is 12.2 Å². The summed E-state index contributed by atoms with van der Waals surface area (Å²) in [5, 5.41) is 6.25. The monoisotopic (exact) mass is 381 g/mol. The topological polar surface area (TPSA) is 44.4 Å². The second kappa shape index (κ2) is 8.75. The van der Waals surface area contributed by atoms with Gasteiger partial charge >= 0.3 is 0 Å². The van der Waals surface area contributed by atoms with E-state index in [0.717, 1.165) is 57.7 Å². The van der Waals surface area contributed by atoms with Crippen molar-refractivity contribution in [1.29, 1.82) is 0 Å². The smallest absolute Gasteiger partial charge is 0.225 e. The molecule has 0 unspecified atom stereocenters. The van der Waals surface area contributed by atoms with Gasteiger partial charge < -0.3 is 15.5 Å². The van der Waals surface area contributed by atoms with Crippen molar-refractivity contribution in [3.05, 3.63) is 29.8 Å². The molecule has 26 heavy (non-hydrogen) atoms. The molecular formula is C19H25F2N3OS. The van der Waals surface area contributed by atoms with E-state index < -0.39 is 11.6 Å². The number of anilines is 1. The number of carbonyl (C=O) groups excluding carboxylic acids is 1. The second-order valence-electron chi connectivity index (χ2n) is 7.16. The van der Waals surface area contributed by atoms with Gasteiger partial charge in [0.05, 0.1) is 5.69 Å². The van der Waals surface area contributed by atoms with Crippen molar-refractivity contribution in [3.8, 4) is 0 Å². The lowest BCUT2D eigenvalue weighted by atomic mass is 9.87. The van der Waals surface area contributed by atoms with Crippen LogP contribution in [0.4, 0.5) is 14.5 Å². The van der Waals surface area contributed by atoms with Crippen molar-refractivity contribution in [2.75, 3.05) is 18.4 Å². The highest BCUT2D eigenvalue weighted by Gasteiger charge is 2.29. The predicted molar refractivity (Wildman–Crippen MR) is 102 cm³/mol. The van der Waals surface area contributed by atoms with Gasteiger partial charge in [-0.1, -0.05) is 19.3 Å². The van der Waals surface area contributed by atoms with Crippen LogP contribution in [0.5, 0.6) is 0 Å². The highest BCUT2D eigenvalue weighted by Crippen LogP contribution is 2.26. The Morgan fingerprint density at radius 1 is 1.08 bits per heavy atom. The van der Waals surface area contributed by atoms with Crippen LogP contribution in [0.25, 0.3) is 0 Å². The molecule has 2 aliphatic rings. The van der Waals surface area contributed by atoms with E-state index in [1.165, 1.54) is 18.6 Å². The molecular weight excluding hydrogens is 356 g/mol. The lowest BCUT2D eigenvalue weighted by Crippen LogP contribution is -2.49. The molecule has 0 aromatic heterocycles. The summed E-state index contributed by atoms with van der Waals surface area (Å²) in [6.45, 7) is 1.45. The number of nitrogens with zero attached hydrogens (tertiary/aromatic N) is 1. The van der Waals surface area contributed by atoms with E-state index in [2.05, 4.69) is 10.6 Å². The van der Waals surface area contributed by atoms with Gasteiger partial charge in [0, 0.05) is 31.1 Å². The number of benzene rings is 1. The van der Waals surface area contributed by atoms with E-state index in [1.54, 1.807) is 0 Å². The van der Waals surface area contributed by atoms with Crippen molar-refractivity contribution in [1.82, 2.24) is 10.2 Å². The van der Waals surface area contributed by atoms with E-state index in [9.17, 15) is 13.6 Å². The number of hydrogen-bond donors (Lipinski definition) is 2. The third-order valence-electron chi connectivity index (χ3n) is 5.28. The van der Waals surface area contributed by atoms with Gasteiger partial charge in [-0.05, 0) is 50.0 Å². The third kappa shape index (κ3) is 4.90. The van der Waals surface area contributed by atoms with Gasteiger partial charge in [-0.3, -0.25) is 4.79 Å². The van der Waals surface area contributed by atoms with Crippen molar-refractivity contribution < 1.29 is 13.6 Å². The molecule has 1 heterocycles. The molecule has 1 saturated heterocycles. The van der Waals surface area contributed by atoms with Crippen LogP contribution >= 0.6 is 12.2 Å². The fourth-order valence-electron chi connectivity index (χ4n) is 3.79. The van der Waals surface area contributed by atoms with E-state index in [-0.39, 0.29) is 17.6 Å². The summed E-state index contributed by atoms with van der Waals surface area (Å²) in [6, 6.07) is 3.47. The van der Waals surface area contributed by atoms with Crippen LogP contribution in [-0.4, -0.2) is 35.1 Å². The molecule has 1 aliphatic heterocycles. The maximum Gasteiger partial charge on any atom is 0.225 e. The number of nitrogens with one attached hydrogen (secondary N) is 2. The maximum absolute atomic E-state index is 13.7. The molecule has 1 aromatic rings. The Hall–Kier alpha value is -1.76. The lowest BCUT2D eigenvalue weighted by Gasteiger charge is -2.35. The van der Waals surface area contributed by atoms with Crippen LogP contribution in [0, 0.1) is 17.6 Å². The average molecular weight is 381 g/mol. The first-order valence-electron chi connectivity index (χ1n) is 9.34. The molecule has 3 rings (SSSR count). The van der Waals surface area contributed by atoms with Crippen LogP contribution < -0.4 is 10.6 Å². The lowest BCUT2D eigenvalue weighted by molar-refractivity contribution is -0.137. The van der Waals surface area contributed by atoms with Crippen molar-refractivity contribution in [2.24, 2.45) is 5.92 Å². The summed E-state index contributed by atoms with van der Waals surface area (Å²) < 4.78 is 26.6. The number of hydrogen-bond acceptors (Lipinski definition) is 2. The van der Waals surface area contributed by atoms with Gasteiger partial charge in [0.2, 0.25) is 5.91 Å². The molecule has 2 N–H and O–H groups in total. The van der Waals surface area contributed by atoms with Crippen LogP contribution in [0.15, 0.2) is 18.2 Å². The average Bonchev–Trinajstić information content (AvgIpc) is 2.65. The van der Waals surface area contributed by atoms with Crippen molar-refractivity contribution in [3.63, 3.8) is 0 Å². The fraction of sp³-hybridized carbons (Fsp3) is 0.579. The van der Waals surface area contributed by atoms with Crippen LogP contribution in [-0.2, 0) is 4.79 Å². The third-order valence-corrected chi connectivity index (χ3v) is 5.50. The summed E-state index contributed by atoms with van der Waals surface area (Å²) in [4.78, 5) is 14.6. The Morgan fingerprint density at radius 3 is 2.42 bits per heavy atom. The number of carbonyl (C=O) groups is 1. The minimum absolute atomic E-state index is 0.147. The standard InChI is InChI=1S/C19H25F2N3OS/c20-14-6-7-17(16(21)12-14)23-19(26)22-15-8-10-24(11-9-15)18(25)13-4-2-1-3-5-13/h6-7,12-13,15H,1-5,8-11H2,(H2,22,23,26). The SMILES string of the molecule is O=C(C1CCCCC1)N1CCC(NC(=S)Nc2ccc(F)cc2F)CC1. The molecule has 1 saturated carbocycles. The van der Waals surface area contributed by atoms with Crippen LogP contribution in [0.3, 0.4) is 0 Å². The highest BCUT2D eigenvalue weighted by molar-refractivity contribution is 7.80. The zero-order chi connectivity index (χ0) is 18.5. The number of halogens is 2. The number of likely N-dealkylation sites (tertiary alicyclic amines) is 1. The van der Waals surface area contributed by atoms with Gasteiger partial charge in [0.15, 0.2) is 5.11 Å². The number of rotatable bonds is 3. The zero-order valence-corrected chi connectivity index (χ0v) is 15.6. The quantitative estimate of drug-likeness (QED) is 0.782. The van der Waals surface area contributed by atoms with E-state index in [1.807, 2.05) is 4.90 Å². The van der Waals surface area contributed by atoms with E-state index >= 15 is 0 Å². The van der Waals surface area contributed by atoms with Gasteiger partial charge in [0.25, 0.3) is 0 Å². The van der Waals surface area contributed by atoms with Crippen molar-refractivity contribution >= 4 is 28.9 Å². The molecule has 1 aromatic carbocycles. The van der Waals surface area contributed by atoms with Crippen molar-refractivity contribution in [2.45, 2.75) is 51.0 Å². The molecule has 7 heteroatoms. The predicted octanol–water partition coefficient (Wildman–Crippen LogP) is 3.82. The molecule has 2 fully saturated rings. The minimum Gasteiger partial charge on any atom is -0.360 e. The zero-order valence-electron chi connectivity index (χ0n) is 14.8. The molecule has 0 bridgehead atoms. The molecule has 1 amide bonds. The number of piperidine rings is 1. The normalized spacial score (nSPS) is 19.2. The van der Waals surface area contributed by atoms with Crippen LogP contribution in [0.2, 0.25) is 0 Å². The molecule has 142 valence electrons. The Labute approximate surface area is 158 Å². The Kier molecular flexibility index (Phi) is 6.40. The van der Waals surface area contributed by atoms with Gasteiger partial charge in [-0.2, -0.15) is 0 Å². The first kappa shape index (κ1) is 19.0. The molecule has 0 spiro atoms. The Balaban J connectivity index is 1.44. The molecule has 0 atom stereocenters. The summed E-state index contributed by atoms with van der Waals surface area (Å²) in [7, 11) is 0.